The topological polar surface area (TPSA) is 24.9 Å². The fraction of sp³-hybridized carbons (Fsp3) is 0.167. The number of fused-ring (bicyclic) bond motifs is 1. The van der Waals surface area contributed by atoms with E-state index in [1.165, 1.54) is 16.3 Å². The summed E-state index contributed by atoms with van der Waals surface area (Å²) in [5.74, 6) is 0. The van der Waals surface area contributed by atoms with Gasteiger partial charge in [-0.25, -0.2) is 0 Å². The third-order valence-electron chi connectivity index (χ3n) is 3.52. The van der Waals surface area contributed by atoms with Gasteiger partial charge in [-0.3, -0.25) is 4.98 Å². The average molecular weight is 262 g/mol. The summed E-state index contributed by atoms with van der Waals surface area (Å²) in [6.45, 7) is 4.87. The number of hydrogen-bond acceptors (Lipinski definition) is 2. The maximum Gasteiger partial charge on any atom is 0.0606 e. The first-order valence-electron chi connectivity index (χ1n) is 6.88. The predicted octanol–water partition coefficient (Wildman–Crippen LogP) is 4.46. The van der Waals surface area contributed by atoms with E-state index in [2.05, 4.69) is 58.8 Å². The molecule has 0 radical (unpaired) electrons. The quantitative estimate of drug-likeness (QED) is 0.753. The van der Waals surface area contributed by atoms with E-state index in [9.17, 15) is 0 Å². The van der Waals surface area contributed by atoms with Crippen LogP contribution in [0.5, 0.6) is 0 Å². The third kappa shape index (κ3) is 2.64. The SMILES string of the molecule is Cc1ccc(NCc2ccc3ccccc3c2)c(C)n1. The Morgan fingerprint density at radius 1 is 0.900 bits per heavy atom. The summed E-state index contributed by atoms with van der Waals surface area (Å²) < 4.78 is 0. The first-order valence-corrected chi connectivity index (χ1v) is 6.88. The molecule has 0 aliphatic rings. The van der Waals surface area contributed by atoms with Crippen molar-refractivity contribution in [2.75, 3.05) is 5.32 Å². The Kier molecular flexibility index (Phi) is 3.38. The number of rotatable bonds is 3. The normalized spacial score (nSPS) is 10.7. The van der Waals surface area contributed by atoms with E-state index in [-0.39, 0.29) is 0 Å². The summed E-state index contributed by atoms with van der Waals surface area (Å²) in [5, 5.41) is 6.02. The smallest absolute Gasteiger partial charge is 0.0606 e. The van der Waals surface area contributed by atoms with Gasteiger partial charge < -0.3 is 5.32 Å². The first kappa shape index (κ1) is 12.7. The summed E-state index contributed by atoms with van der Waals surface area (Å²) in [7, 11) is 0. The second-order valence-corrected chi connectivity index (χ2v) is 5.12. The molecule has 1 heterocycles. The molecule has 3 aromatic rings. The molecule has 2 aromatic carbocycles. The molecular weight excluding hydrogens is 244 g/mol. The van der Waals surface area contributed by atoms with Gasteiger partial charge in [0.05, 0.1) is 11.4 Å². The summed E-state index contributed by atoms with van der Waals surface area (Å²) in [6.07, 6.45) is 0. The molecule has 0 aliphatic carbocycles. The Morgan fingerprint density at radius 2 is 1.70 bits per heavy atom. The molecule has 1 N–H and O–H groups in total. The van der Waals surface area contributed by atoms with Gasteiger partial charge in [0.15, 0.2) is 0 Å². The van der Waals surface area contributed by atoms with Gasteiger partial charge in [0.1, 0.15) is 0 Å². The van der Waals surface area contributed by atoms with E-state index in [1.807, 2.05) is 19.9 Å². The monoisotopic (exact) mass is 262 g/mol. The van der Waals surface area contributed by atoms with Crippen LogP contribution in [0.1, 0.15) is 17.0 Å². The predicted molar refractivity (Wildman–Crippen MR) is 85.0 cm³/mol. The van der Waals surface area contributed by atoms with Crippen molar-refractivity contribution in [3.05, 3.63) is 71.5 Å². The van der Waals surface area contributed by atoms with Crippen molar-refractivity contribution in [3.63, 3.8) is 0 Å². The van der Waals surface area contributed by atoms with Crippen molar-refractivity contribution in [1.82, 2.24) is 4.98 Å². The maximum absolute atomic E-state index is 4.47. The lowest BCUT2D eigenvalue weighted by atomic mass is 10.1. The Morgan fingerprint density at radius 3 is 2.50 bits per heavy atom. The van der Waals surface area contributed by atoms with Gasteiger partial charge in [-0.05, 0) is 48.4 Å². The number of nitrogens with zero attached hydrogens (tertiary/aromatic N) is 1. The van der Waals surface area contributed by atoms with Gasteiger partial charge in [-0.1, -0.05) is 36.4 Å². The van der Waals surface area contributed by atoms with Crippen molar-refractivity contribution in [1.29, 1.82) is 0 Å². The van der Waals surface area contributed by atoms with Crippen LogP contribution in [0.25, 0.3) is 10.8 Å². The Labute approximate surface area is 119 Å². The second kappa shape index (κ2) is 5.33. The number of aromatic nitrogens is 1. The summed E-state index contributed by atoms with van der Waals surface area (Å²) >= 11 is 0. The van der Waals surface area contributed by atoms with E-state index >= 15 is 0 Å². The second-order valence-electron chi connectivity index (χ2n) is 5.12. The van der Waals surface area contributed by atoms with Crippen LogP contribution in [-0.4, -0.2) is 4.98 Å². The van der Waals surface area contributed by atoms with E-state index in [4.69, 9.17) is 0 Å². The van der Waals surface area contributed by atoms with Gasteiger partial charge >= 0.3 is 0 Å². The highest BCUT2D eigenvalue weighted by Gasteiger charge is 2.00. The van der Waals surface area contributed by atoms with Gasteiger partial charge in [0, 0.05) is 12.2 Å². The minimum Gasteiger partial charge on any atom is -0.380 e. The van der Waals surface area contributed by atoms with Crippen LogP contribution in [0, 0.1) is 13.8 Å². The molecule has 2 heteroatoms. The molecule has 20 heavy (non-hydrogen) atoms. The molecule has 0 amide bonds. The molecule has 0 bridgehead atoms. The number of nitrogens with one attached hydrogen (secondary N) is 1. The molecule has 0 unspecified atom stereocenters. The standard InChI is InChI=1S/C18H18N2/c1-13-7-10-18(14(2)20-13)19-12-15-8-9-16-5-3-4-6-17(16)11-15/h3-11,19H,12H2,1-2H3. The number of aryl methyl sites for hydroxylation is 2. The highest BCUT2D eigenvalue weighted by Crippen LogP contribution is 2.18. The zero-order valence-electron chi connectivity index (χ0n) is 11.9. The lowest BCUT2D eigenvalue weighted by Crippen LogP contribution is -2.02. The Balaban J connectivity index is 1.79. The molecule has 3 rings (SSSR count). The highest BCUT2D eigenvalue weighted by molar-refractivity contribution is 5.83. The molecule has 0 saturated heterocycles. The fourth-order valence-corrected chi connectivity index (χ4v) is 2.42. The molecule has 0 fully saturated rings. The lowest BCUT2D eigenvalue weighted by Gasteiger charge is -2.10. The van der Waals surface area contributed by atoms with Gasteiger partial charge in [0.2, 0.25) is 0 Å². The van der Waals surface area contributed by atoms with Crippen molar-refractivity contribution >= 4 is 16.5 Å². The van der Waals surface area contributed by atoms with E-state index in [0.29, 0.717) is 0 Å². The van der Waals surface area contributed by atoms with Crippen LogP contribution in [0.2, 0.25) is 0 Å². The van der Waals surface area contributed by atoms with E-state index in [0.717, 1.165) is 23.6 Å². The first-order chi connectivity index (χ1) is 9.72. The minimum atomic E-state index is 0.816. The third-order valence-corrected chi connectivity index (χ3v) is 3.52. The molecule has 2 nitrogen and oxygen atoms in total. The van der Waals surface area contributed by atoms with Crippen molar-refractivity contribution in [3.8, 4) is 0 Å². The van der Waals surface area contributed by atoms with Crippen LogP contribution in [0.15, 0.2) is 54.6 Å². The Bertz CT molecular complexity index is 747. The highest BCUT2D eigenvalue weighted by atomic mass is 14.9. The molecule has 1 aromatic heterocycles. The molecule has 0 spiro atoms. The van der Waals surface area contributed by atoms with Crippen LogP contribution in [-0.2, 0) is 6.54 Å². The fourth-order valence-electron chi connectivity index (χ4n) is 2.42. The van der Waals surface area contributed by atoms with Gasteiger partial charge in [-0.15, -0.1) is 0 Å². The van der Waals surface area contributed by atoms with Crippen LogP contribution in [0.4, 0.5) is 5.69 Å². The van der Waals surface area contributed by atoms with E-state index < -0.39 is 0 Å². The molecule has 0 saturated carbocycles. The van der Waals surface area contributed by atoms with Gasteiger partial charge in [0.25, 0.3) is 0 Å². The van der Waals surface area contributed by atoms with Gasteiger partial charge in [-0.2, -0.15) is 0 Å². The number of pyridine rings is 1. The van der Waals surface area contributed by atoms with Crippen LogP contribution < -0.4 is 5.32 Å². The summed E-state index contributed by atoms with van der Waals surface area (Å²) in [4.78, 5) is 4.47. The van der Waals surface area contributed by atoms with Crippen molar-refractivity contribution < 1.29 is 0 Å². The largest absolute Gasteiger partial charge is 0.380 e. The molecule has 0 aliphatic heterocycles. The van der Waals surface area contributed by atoms with Crippen molar-refractivity contribution in [2.45, 2.75) is 20.4 Å². The molecule has 0 atom stereocenters. The van der Waals surface area contributed by atoms with Crippen molar-refractivity contribution in [2.24, 2.45) is 0 Å². The number of hydrogen-bond donors (Lipinski definition) is 1. The summed E-state index contributed by atoms with van der Waals surface area (Å²) in [6, 6.07) is 19.2. The lowest BCUT2D eigenvalue weighted by molar-refractivity contribution is 1.08. The molecule has 100 valence electrons. The zero-order chi connectivity index (χ0) is 13.9. The van der Waals surface area contributed by atoms with E-state index in [1.54, 1.807) is 0 Å². The Hall–Kier alpha value is -2.35. The summed E-state index contributed by atoms with van der Waals surface area (Å²) in [5.41, 5.74) is 4.48. The number of benzene rings is 2. The maximum atomic E-state index is 4.47. The average Bonchev–Trinajstić information content (AvgIpc) is 2.46. The van der Waals surface area contributed by atoms with Crippen LogP contribution >= 0.6 is 0 Å². The zero-order valence-corrected chi connectivity index (χ0v) is 11.9. The minimum absolute atomic E-state index is 0.816. The molecular formula is C18H18N2. The number of anilines is 1. The van der Waals surface area contributed by atoms with Crippen LogP contribution in [0.3, 0.4) is 0 Å².